The Balaban J connectivity index is 1.70. The summed E-state index contributed by atoms with van der Waals surface area (Å²) in [6, 6.07) is 14.9. The molecule has 0 aromatic heterocycles. The molecule has 0 saturated carbocycles. The van der Waals surface area contributed by atoms with Crippen LogP contribution < -0.4 is 15.6 Å². The van der Waals surface area contributed by atoms with Gasteiger partial charge in [0.25, 0.3) is 5.91 Å². The number of hydrazone groups is 1. The first kappa shape index (κ1) is 16.7. The summed E-state index contributed by atoms with van der Waals surface area (Å²) in [4.78, 5) is 25.5. The second-order valence-electron chi connectivity index (χ2n) is 6.07. The molecule has 6 heteroatoms. The van der Waals surface area contributed by atoms with E-state index in [0.717, 1.165) is 17.0 Å². The third-order valence-corrected chi connectivity index (χ3v) is 4.01. The van der Waals surface area contributed by atoms with Crippen LogP contribution >= 0.6 is 0 Å². The monoisotopic (exact) mass is 336 g/mol. The van der Waals surface area contributed by atoms with E-state index in [1.54, 1.807) is 6.07 Å². The van der Waals surface area contributed by atoms with Gasteiger partial charge in [-0.1, -0.05) is 18.2 Å². The molecule has 128 valence electrons. The zero-order valence-electron chi connectivity index (χ0n) is 14.2. The largest absolute Gasteiger partial charge is 0.378 e. The molecular weight excluding hydrogens is 316 g/mol. The predicted octanol–water partition coefficient (Wildman–Crippen LogP) is 2.62. The summed E-state index contributed by atoms with van der Waals surface area (Å²) in [6.45, 7) is 0. The SMILES string of the molecule is CN(C)c1cccc(C(=O)Nc2ccc(C3=NNC(=O)CC3)cc2)c1. The van der Waals surface area contributed by atoms with E-state index in [1.807, 2.05) is 61.5 Å². The van der Waals surface area contributed by atoms with Crippen molar-refractivity contribution in [1.82, 2.24) is 5.43 Å². The van der Waals surface area contributed by atoms with Gasteiger partial charge in [0.1, 0.15) is 0 Å². The van der Waals surface area contributed by atoms with Crippen LogP contribution in [0.1, 0.15) is 28.8 Å². The molecule has 25 heavy (non-hydrogen) atoms. The van der Waals surface area contributed by atoms with Gasteiger partial charge < -0.3 is 10.2 Å². The first-order valence-electron chi connectivity index (χ1n) is 8.07. The topological polar surface area (TPSA) is 73.8 Å². The van der Waals surface area contributed by atoms with E-state index in [1.165, 1.54) is 0 Å². The first-order chi connectivity index (χ1) is 12.0. The highest BCUT2D eigenvalue weighted by Crippen LogP contribution is 2.17. The van der Waals surface area contributed by atoms with Crippen molar-refractivity contribution in [2.45, 2.75) is 12.8 Å². The Morgan fingerprint density at radius 2 is 1.88 bits per heavy atom. The number of nitrogens with one attached hydrogen (secondary N) is 2. The van der Waals surface area contributed by atoms with E-state index < -0.39 is 0 Å². The van der Waals surface area contributed by atoms with Crippen molar-refractivity contribution in [2.75, 3.05) is 24.3 Å². The summed E-state index contributed by atoms with van der Waals surface area (Å²) < 4.78 is 0. The molecule has 2 aromatic rings. The van der Waals surface area contributed by atoms with Crippen LogP contribution in [-0.4, -0.2) is 31.6 Å². The smallest absolute Gasteiger partial charge is 0.255 e. The van der Waals surface area contributed by atoms with Crippen LogP contribution in [0.3, 0.4) is 0 Å². The van der Waals surface area contributed by atoms with Gasteiger partial charge in [-0.15, -0.1) is 0 Å². The Bertz CT molecular complexity index is 826. The van der Waals surface area contributed by atoms with Gasteiger partial charge in [-0.25, -0.2) is 5.43 Å². The van der Waals surface area contributed by atoms with Gasteiger partial charge in [0.2, 0.25) is 5.91 Å². The van der Waals surface area contributed by atoms with Crippen LogP contribution in [0, 0.1) is 0 Å². The van der Waals surface area contributed by atoms with E-state index in [4.69, 9.17) is 0 Å². The number of carbonyl (C=O) groups excluding carboxylic acids is 2. The van der Waals surface area contributed by atoms with Gasteiger partial charge in [-0.2, -0.15) is 5.10 Å². The number of carbonyl (C=O) groups is 2. The number of amides is 2. The standard InChI is InChI=1S/C19H20N4O2/c1-23(2)16-5-3-4-14(12-16)19(25)20-15-8-6-13(7-9-15)17-10-11-18(24)22-21-17/h3-9,12H,10-11H2,1-2H3,(H,20,25)(H,22,24). The van der Waals surface area contributed by atoms with Crippen molar-refractivity contribution in [3.05, 3.63) is 59.7 Å². The van der Waals surface area contributed by atoms with Gasteiger partial charge in [-0.3, -0.25) is 9.59 Å². The first-order valence-corrected chi connectivity index (χ1v) is 8.07. The summed E-state index contributed by atoms with van der Waals surface area (Å²) in [6.07, 6.45) is 1.06. The van der Waals surface area contributed by atoms with Crippen molar-refractivity contribution in [3.63, 3.8) is 0 Å². The van der Waals surface area contributed by atoms with Crippen LogP contribution in [-0.2, 0) is 4.79 Å². The van der Waals surface area contributed by atoms with E-state index in [-0.39, 0.29) is 11.8 Å². The molecule has 3 rings (SSSR count). The van der Waals surface area contributed by atoms with Crippen molar-refractivity contribution in [2.24, 2.45) is 5.10 Å². The van der Waals surface area contributed by atoms with Gasteiger partial charge in [-0.05, 0) is 35.9 Å². The quantitative estimate of drug-likeness (QED) is 0.901. The Hall–Kier alpha value is -3.15. The maximum Gasteiger partial charge on any atom is 0.255 e. The normalized spacial score (nSPS) is 13.7. The van der Waals surface area contributed by atoms with E-state index in [0.29, 0.717) is 24.1 Å². The van der Waals surface area contributed by atoms with E-state index >= 15 is 0 Å². The molecular formula is C19H20N4O2. The summed E-state index contributed by atoms with van der Waals surface area (Å²) in [5, 5.41) is 6.96. The maximum atomic E-state index is 12.4. The van der Waals surface area contributed by atoms with Gasteiger partial charge >= 0.3 is 0 Å². The van der Waals surface area contributed by atoms with E-state index in [9.17, 15) is 9.59 Å². The number of anilines is 2. The van der Waals surface area contributed by atoms with Crippen molar-refractivity contribution < 1.29 is 9.59 Å². The minimum atomic E-state index is -0.154. The number of rotatable bonds is 4. The molecule has 1 aliphatic heterocycles. The Morgan fingerprint density at radius 1 is 1.12 bits per heavy atom. The van der Waals surface area contributed by atoms with Gasteiger partial charge in [0.15, 0.2) is 0 Å². The van der Waals surface area contributed by atoms with Gasteiger partial charge in [0.05, 0.1) is 5.71 Å². The summed E-state index contributed by atoms with van der Waals surface area (Å²) in [5.41, 5.74) is 6.56. The molecule has 0 unspecified atom stereocenters. The highest BCUT2D eigenvalue weighted by molar-refractivity contribution is 6.06. The Kier molecular flexibility index (Phi) is 4.79. The molecule has 0 saturated heterocycles. The molecule has 0 radical (unpaired) electrons. The average molecular weight is 336 g/mol. The molecule has 2 N–H and O–H groups in total. The number of hydrogen-bond acceptors (Lipinski definition) is 4. The summed E-state index contributed by atoms with van der Waals surface area (Å²) >= 11 is 0. The molecule has 2 aromatic carbocycles. The summed E-state index contributed by atoms with van der Waals surface area (Å²) in [7, 11) is 3.87. The Labute approximate surface area is 146 Å². The highest BCUT2D eigenvalue weighted by Gasteiger charge is 2.13. The minimum Gasteiger partial charge on any atom is -0.378 e. The molecule has 6 nitrogen and oxygen atoms in total. The number of benzene rings is 2. The fourth-order valence-electron chi connectivity index (χ4n) is 2.56. The lowest BCUT2D eigenvalue weighted by Crippen LogP contribution is -2.25. The van der Waals surface area contributed by atoms with Crippen molar-refractivity contribution in [1.29, 1.82) is 0 Å². The molecule has 0 aliphatic carbocycles. The third-order valence-electron chi connectivity index (χ3n) is 4.01. The van der Waals surface area contributed by atoms with Crippen LogP contribution in [0.2, 0.25) is 0 Å². The van der Waals surface area contributed by atoms with Crippen LogP contribution in [0.15, 0.2) is 53.6 Å². The molecule has 1 aliphatic rings. The lowest BCUT2D eigenvalue weighted by Gasteiger charge is -2.14. The molecule has 1 heterocycles. The molecule has 2 amide bonds. The highest BCUT2D eigenvalue weighted by atomic mass is 16.2. The zero-order chi connectivity index (χ0) is 17.8. The fraction of sp³-hybridized carbons (Fsp3) is 0.211. The van der Waals surface area contributed by atoms with Crippen molar-refractivity contribution >= 4 is 28.9 Å². The van der Waals surface area contributed by atoms with Crippen molar-refractivity contribution in [3.8, 4) is 0 Å². The zero-order valence-corrected chi connectivity index (χ0v) is 14.2. The second kappa shape index (κ2) is 7.17. The third kappa shape index (κ3) is 4.03. The lowest BCUT2D eigenvalue weighted by molar-refractivity contribution is -0.121. The van der Waals surface area contributed by atoms with Gasteiger partial charge in [0, 0.05) is 43.9 Å². The van der Waals surface area contributed by atoms with Crippen LogP contribution in [0.5, 0.6) is 0 Å². The summed E-state index contributed by atoms with van der Waals surface area (Å²) in [5.74, 6) is -0.216. The predicted molar refractivity (Wildman–Crippen MR) is 99.1 cm³/mol. The second-order valence-corrected chi connectivity index (χ2v) is 6.07. The fourth-order valence-corrected chi connectivity index (χ4v) is 2.56. The van der Waals surface area contributed by atoms with E-state index in [2.05, 4.69) is 15.8 Å². The Morgan fingerprint density at radius 3 is 2.52 bits per heavy atom. The lowest BCUT2D eigenvalue weighted by atomic mass is 10.0. The number of hydrogen-bond donors (Lipinski definition) is 2. The molecule has 0 spiro atoms. The maximum absolute atomic E-state index is 12.4. The average Bonchev–Trinajstić information content (AvgIpc) is 2.63. The minimum absolute atomic E-state index is 0.0624. The number of nitrogens with zero attached hydrogens (tertiary/aromatic N) is 2. The molecule has 0 bridgehead atoms. The molecule has 0 fully saturated rings. The van der Waals surface area contributed by atoms with Crippen LogP contribution in [0.4, 0.5) is 11.4 Å². The molecule has 0 atom stereocenters. The van der Waals surface area contributed by atoms with Crippen LogP contribution in [0.25, 0.3) is 0 Å².